The molecule has 1 fully saturated rings. The van der Waals surface area contributed by atoms with Crippen LogP contribution in [0.5, 0.6) is 0 Å². The lowest BCUT2D eigenvalue weighted by atomic mass is 10.1. The van der Waals surface area contributed by atoms with Gasteiger partial charge in [0.25, 0.3) is 0 Å². The maximum atomic E-state index is 13.9. The van der Waals surface area contributed by atoms with Crippen LogP contribution in [-0.2, 0) is 16.2 Å². The normalized spacial score (nSPS) is 14.8. The molecule has 230 valence electrons. The molecule has 0 atom stereocenters. The molecule has 5 rings (SSSR count). The number of hydrogen-bond acceptors (Lipinski definition) is 6. The van der Waals surface area contributed by atoms with Gasteiger partial charge < -0.3 is 5.32 Å². The average Bonchev–Trinajstić information content (AvgIpc) is 3.58. The molecule has 2 aromatic heterocycles. The smallest absolute Gasteiger partial charge is 0.334 e. The van der Waals surface area contributed by atoms with Gasteiger partial charge in [0.15, 0.2) is 0 Å². The molecular weight excluding hydrogens is 599 g/mol. The standard InChI is InChI=1S/C29H28F3N7O4S/c1-3-44(42,43)36-15-12-22(13-16-36)35-27(40)38-26(25-11-14-34-39(25)23-9-7-20(18-33)8-10-23)19(2)37(28(38)41)24-6-4-5-21(17-24)29(30,31)32/h4-11,14,17,22H,3,12-13,15-16H2,1-2H3,(H,35,40). The van der Waals surface area contributed by atoms with Gasteiger partial charge in [-0.2, -0.15) is 23.5 Å². The summed E-state index contributed by atoms with van der Waals surface area (Å²) in [7, 11) is -3.40. The Morgan fingerprint density at radius 1 is 1.09 bits per heavy atom. The van der Waals surface area contributed by atoms with Crippen molar-refractivity contribution in [3.8, 4) is 28.8 Å². The SMILES string of the molecule is CCS(=O)(=O)N1CCC(NC(=O)n2c(-c3ccnn3-c3ccc(C#N)cc3)c(C)n(-c3cccc(C(F)(F)F)c3)c2=O)CC1. The minimum Gasteiger partial charge on any atom is -0.334 e. The number of benzene rings is 2. The molecule has 4 aromatic rings. The molecule has 15 heteroatoms. The Balaban J connectivity index is 1.60. The topological polar surface area (TPSA) is 135 Å². The van der Waals surface area contributed by atoms with Crippen LogP contribution in [0.25, 0.3) is 22.8 Å². The van der Waals surface area contributed by atoms with Gasteiger partial charge in [0.05, 0.1) is 51.9 Å². The molecule has 0 saturated carbocycles. The molecule has 44 heavy (non-hydrogen) atoms. The van der Waals surface area contributed by atoms with E-state index in [4.69, 9.17) is 0 Å². The van der Waals surface area contributed by atoms with Gasteiger partial charge >= 0.3 is 17.9 Å². The molecule has 0 radical (unpaired) electrons. The van der Waals surface area contributed by atoms with Crippen LogP contribution in [0.1, 0.15) is 36.6 Å². The zero-order valence-electron chi connectivity index (χ0n) is 23.7. The monoisotopic (exact) mass is 627 g/mol. The third kappa shape index (κ3) is 5.78. The number of hydrogen-bond donors (Lipinski definition) is 1. The molecule has 0 aliphatic carbocycles. The number of piperidine rings is 1. The molecule has 1 aliphatic heterocycles. The Kier molecular flexibility index (Phi) is 8.23. The highest BCUT2D eigenvalue weighted by Crippen LogP contribution is 2.32. The van der Waals surface area contributed by atoms with E-state index in [2.05, 4.69) is 10.4 Å². The number of nitrogens with one attached hydrogen (secondary N) is 1. The number of amides is 1. The fraction of sp³-hybridized carbons (Fsp3) is 0.310. The minimum atomic E-state index is -4.66. The largest absolute Gasteiger partial charge is 0.416 e. The molecule has 1 amide bonds. The Labute approximate surface area is 250 Å². The highest BCUT2D eigenvalue weighted by molar-refractivity contribution is 7.89. The molecule has 2 aromatic carbocycles. The van der Waals surface area contributed by atoms with Crippen LogP contribution >= 0.6 is 0 Å². The predicted octanol–water partition coefficient (Wildman–Crippen LogP) is 4.06. The quantitative estimate of drug-likeness (QED) is 0.343. The predicted molar refractivity (Wildman–Crippen MR) is 155 cm³/mol. The van der Waals surface area contributed by atoms with E-state index in [1.165, 1.54) is 34.2 Å². The van der Waals surface area contributed by atoms with Crippen LogP contribution in [0.4, 0.5) is 18.0 Å². The number of alkyl halides is 3. The van der Waals surface area contributed by atoms with E-state index in [0.717, 1.165) is 21.3 Å². The first-order valence-electron chi connectivity index (χ1n) is 13.7. The van der Waals surface area contributed by atoms with Gasteiger partial charge in [0.2, 0.25) is 10.0 Å². The summed E-state index contributed by atoms with van der Waals surface area (Å²) in [6.45, 7) is 3.46. The molecule has 1 aliphatic rings. The Morgan fingerprint density at radius 2 is 1.77 bits per heavy atom. The number of rotatable bonds is 6. The van der Waals surface area contributed by atoms with Gasteiger partial charge in [-0.25, -0.2) is 31.6 Å². The molecule has 1 saturated heterocycles. The first-order chi connectivity index (χ1) is 20.9. The van der Waals surface area contributed by atoms with Crippen molar-refractivity contribution < 1.29 is 26.4 Å². The van der Waals surface area contributed by atoms with Crippen LogP contribution in [-0.4, -0.2) is 62.6 Å². The lowest BCUT2D eigenvalue weighted by molar-refractivity contribution is -0.137. The fourth-order valence-corrected chi connectivity index (χ4v) is 6.42. The van der Waals surface area contributed by atoms with Gasteiger partial charge in [0, 0.05) is 19.1 Å². The van der Waals surface area contributed by atoms with Crippen molar-refractivity contribution >= 4 is 16.1 Å². The maximum Gasteiger partial charge on any atom is 0.416 e. The Hall–Kier alpha value is -4.68. The molecule has 0 unspecified atom stereocenters. The molecule has 0 bridgehead atoms. The molecule has 11 nitrogen and oxygen atoms in total. The van der Waals surface area contributed by atoms with E-state index in [1.54, 1.807) is 37.3 Å². The zero-order valence-corrected chi connectivity index (χ0v) is 24.6. The average molecular weight is 628 g/mol. The lowest BCUT2D eigenvalue weighted by Crippen LogP contribution is -2.49. The third-order valence-electron chi connectivity index (χ3n) is 7.59. The summed E-state index contributed by atoms with van der Waals surface area (Å²) in [4.78, 5) is 27.7. The highest BCUT2D eigenvalue weighted by atomic mass is 32.2. The second-order valence-electron chi connectivity index (χ2n) is 10.2. The van der Waals surface area contributed by atoms with Crippen molar-refractivity contribution in [1.82, 2.24) is 28.5 Å². The lowest BCUT2D eigenvalue weighted by Gasteiger charge is -2.31. The van der Waals surface area contributed by atoms with E-state index in [0.29, 0.717) is 29.8 Å². The summed E-state index contributed by atoms with van der Waals surface area (Å²) in [5.41, 5.74) is -0.444. The van der Waals surface area contributed by atoms with Crippen molar-refractivity contribution in [3.05, 3.63) is 88.1 Å². The number of imidazole rings is 1. The number of sulfonamides is 1. The summed E-state index contributed by atoms with van der Waals surface area (Å²) in [5, 5.41) is 16.3. The van der Waals surface area contributed by atoms with Crippen molar-refractivity contribution in [2.24, 2.45) is 0 Å². The van der Waals surface area contributed by atoms with Crippen molar-refractivity contribution in [3.63, 3.8) is 0 Å². The van der Waals surface area contributed by atoms with Gasteiger partial charge in [-0.15, -0.1) is 0 Å². The van der Waals surface area contributed by atoms with Gasteiger partial charge in [-0.05, 0) is 75.2 Å². The van der Waals surface area contributed by atoms with Crippen LogP contribution in [0, 0.1) is 18.3 Å². The minimum absolute atomic E-state index is 0.0436. The third-order valence-corrected chi connectivity index (χ3v) is 9.47. The Morgan fingerprint density at radius 3 is 2.39 bits per heavy atom. The van der Waals surface area contributed by atoms with E-state index in [1.807, 2.05) is 6.07 Å². The van der Waals surface area contributed by atoms with E-state index >= 15 is 0 Å². The molecule has 0 spiro atoms. The van der Waals surface area contributed by atoms with Crippen LogP contribution in [0.15, 0.2) is 65.6 Å². The van der Waals surface area contributed by atoms with E-state index in [9.17, 15) is 36.4 Å². The molecule has 1 N–H and O–H groups in total. The van der Waals surface area contributed by atoms with Crippen LogP contribution in [0.3, 0.4) is 0 Å². The number of aromatic nitrogens is 4. The zero-order chi connectivity index (χ0) is 31.8. The fourth-order valence-electron chi connectivity index (χ4n) is 5.29. The number of carbonyl (C=O) groups is 1. The molecular formula is C29H28F3N7O4S. The highest BCUT2D eigenvalue weighted by Gasteiger charge is 2.33. The Bertz CT molecular complexity index is 1910. The van der Waals surface area contributed by atoms with E-state index in [-0.39, 0.29) is 35.9 Å². The number of nitrogens with zero attached hydrogens (tertiary/aromatic N) is 6. The number of carbonyl (C=O) groups excluding carboxylic acids is 1. The number of halogens is 3. The van der Waals surface area contributed by atoms with Crippen molar-refractivity contribution in [1.29, 1.82) is 5.26 Å². The summed E-state index contributed by atoms with van der Waals surface area (Å²) in [6.07, 6.45) is -2.59. The van der Waals surface area contributed by atoms with Crippen LogP contribution < -0.4 is 11.0 Å². The summed E-state index contributed by atoms with van der Waals surface area (Å²) >= 11 is 0. The van der Waals surface area contributed by atoms with Gasteiger partial charge in [0.1, 0.15) is 5.69 Å². The van der Waals surface area contributed by atoms with Crippen molar-refractivity contribution in [2.75, 3.05) is 18.8 Å². The van der Waals surface area contributed by atoms with E-state index < -0.39 is 39.5 Å². The van der Waals surface area contributed by atoms with Crippen molar-refractivity contribution in [2.45, 2.75) is 38.9 Å². The summed E-state index contributed by atoms with van der Waals surface area (Å²) in [5.74, 6) is -0.0436. The second-order valence-corrected chi connectivity index (χ2v) is 12.5. The molecule has 3 heterocycles. The summed E-state index contributed by atoms with van der Waals surface area (Å²) < 4.78 is 70.0. The maximum absolute atomic E-state index is 13.9. The summed E-state index contributed by atoms with van der Waals surface area (Å²) in [6, 6.07) is 13.0. The first kappa shape index (κ1) is 30.8. The first-order valence-corrected chi connectivity index (χ1v) is 15.3. The number of nitriles is 1. The van der Waals surface area contributed by atoms with Gasteiger partial charge in [-0.3, -0.25) is 4.57 Å². The second kappa shape index (κ2) is 11.8. The van der Waals surface area contributed by atoms with Gasteiger partial charge in [-0.1, -0.05) is 6.07 Å². The van der Waals surface area contributed by atoms with Crippen LogP contribution in [0.2, 0.25) is 0 Å².